The molecule has 2 rings (SSSR count). The van der Waals surface area contributed by atoms with Gasteiger partial charge in [0.25, 0.3) is 0 Å². The summed E-state index contributed by atoms with van der Waals surface area (Å²) >= 11 is 0. The Labute approximate surface area is 105 Å². The van der Waals surface area contributed by atoms with Crippen LogP contribution in [0.4, 0.5) is 22.0 Å². The Bertz CT molecular complexity index is 667. The molecule has 0 saturated carbocycles. The van der Waals surface area contributed by atoms with E-state index in [0.717, 1.165) is 23.7 Å². The minimum Gasteiger partial charge on any atom is -0.342 e. The molecule has 0 spiro atoms. The highest BCUT2D eigenvalue weighted by Crippen LogP contribution is 2.28. The van der Waals surface area contributed by atoms with Crippen molar-refractivity contribution in [3.63, 3.8) is 0 Å². The standard InChI is InChI=1S/C12H9F5N2/c1-18-11(12(15,16)17)10-5-7-8(14)3-6(13)4-9(7)19(10)2/h3-5H,1-2H3. The number of nitrogens with zero attached hydrogens (tertiary/aromatic N) is 2. The summed E-state index contributed by atoms with van der Waals surface area (Å²) in [5.41, 5.74) is -1.40. The number of alkyl halides is 3. The third-order valence-electron chi connectivity index (χ3n) is 2.81. The smallest absolute Gasteiger partial charge is 0.342 e. The Morgan fingerprint density at radius 1 is 1.16 bits per heavy atom. The van der Waals surface area contributed by atoms with E-state index >= 15 is 0 Å². The molecule has 0 fully saturated rings. The number of halogens is 5. The number of hydrogen-bond donors (Lipinski definition) is 0. The second-order valence-corrected chi connectivity index (χ2v) is 3.98. The Morgan fingerprint density at radius 2 is 1.79 bits per heavy atom. The number of aryl methyl sites for hydroxylation is 1. The van der Waals surface area contributed by atoms with Gasteiger partial charge in [-0.3, -0.25) is 4.99 Å². The van der Waals surface area contributed by atoms with E-state index in [9.17, 15) is 22.0 Å². The van der Waals surface area contributed by atoms with Crippen molar-refractivity contribution >= 4 is 16.6 Å². The van der Waals surface area contributed by atoms with Crippen LogP contribution >= 0.6 is 0 Å². The molecule has 2 aromatic rings. The summed E-state index contributed by atoms with van der Waals surface area (Å²) in [5.74, 6) is -1.76. The van der Waals surface area contributed by atoms with Gasteiger partial charge in [0.15, 0.2) is 5.71 Å². The lowest BCUT2D eigenvalue weighted by atomic mass is 10.2. The summed E-state index contributed by atoms with van der Waals surface area (Å²) in [6.45, 7) is 0. The maximum Gasteiger partial charge on any atom is 0.434 e. The Morgan fingerprint density at radius 3 is 2.32 bits per heavy atom. The molecular formula is C12H9F5N2. The van der Waals surface area contributed by atoms with Gasteiger partial charge in [0, 0.05) is 25.5 Å². The number of fused-ring (bicyclic) bond motifs is 1. The third-order valence-corrected chi connectivity index (χ3v) is 2.81. The minimum atomic E-state index is -4.66. The molecule has 7 heteroatoms. The average molecular weight is 276 g/mol. The van der Waals surface area contributed by atoms with E-state index in [1.54, 1.807) is 0 Å². The molecule has 19 heavy (non-hydrogen) atoms. The van der Waals surface area contributed by atoms with E-state index < -0.39 is 23.5 Å². The highest BCUT2D eigenvalue weighted by molar-refractivity contribution is 6.06. The zero-order chi connectivity index (χ0) is 14.4. The van der Waals surface area contributed by atoms with Crippen molar-refractivity contribution in [3.8, 4) is 0 Å². The number of hydrogen-bond acceptors (Lipinski definition) is 1. The van der Waals surface area contributed by atoms with Crippen LogP contribution in [0.2, 0.25) is 0 Å². The van der Waals surface area contributed by atoms with Gasteiger partial charge in [0.2, 0.25) is 0 Å². The van der Waals surface area contributed by atoms with Crippen molar-refractivity contribution in [3.05, 3.63) is 35.5 Å². The normalized spacial score (nSPS) is 13.3. The van der Waals surface area contributed by atoms with Crippen molar-refractivity contribution < 1.29 is 22.0 Å². The Kier molecular flexibility index (Phi) is 3.07. The molecule has 1 aromatic heterocycles. The van der Waals surface area contributed by atoms with Gasteiger partial charge < -0.3 is 4.57 Å². The third kappa shape index (κ3) is 2.20. The lowest BCUT2D eigenvalue weighted by Gasteiger charge is -2.10. The van der Waals surface area contributed by atoms with Crippen LogP contribution in [0.5, 0.6) is 0 Å². The highest BCUT2D eigenvalue weighted by atomic mass is 19.4. The van der Waals surface area contributed by atoms with Crippen LogP contribution in [0.15, 0.2) is 23.2 Å². The Balaban J connectivity index is 2.77. The van der Waals surface area contributed by atoms with E-state index in [1.807, 2.05) is 0 Å². The number of aliphatic imine (C=N–C) groups is 1. The topological polar surface area (TPSA) is 17.3 Å². The van der Waals surface area contributed by atoms with Crippen LogP contribution in [0.25, 0.3) is 10.9 Å². The summed E-state index contributed by atoms with van der Waals surface area (Å²) < 4.78 is 66.0. The molecule has 102 valence electrons. The van der Waals surface area contributed by atoms with Crippen molar-refractivity contribution in [2.75, 3.05) is 7.05 Å². The van der Waals surface area contributed by atoms with Crippen LogP contribution in [0, 0.1) is 11.6 Å². The molecular weight excluding hydrogens is 267 g/mol. The van der Waals surface area contributed by atoms with Crippen LogP contribution in [0.3, 0.4) is 0 Å². The van der Waals surface area contributed by atoms with Gasteiger partial charge in [0.1, 0.15) is 11.6 Å². The molecule has 0 radical (unpaired) electrons. The predicted octanol–water partition coefficient (Wildman–Crippen LogP) is 3.44. The van der Waals surface area contributed by atoms with E-state index in [2.05, 4.69) is 4.99 Å². The molecule has 0 bridgehead atoms. The fraction of sp³-hybridized carbons (Fsp3) is 0.250. The largest absolute Gasteiger partial charge is 0.434 e. The molecule has 0 saturated heterocycles. The molecule has 0 aliphatic rings. The molecule has 2 nitrogen and oxygen atoms in total. The van der Waals surface area contributed by atoms with Gasteiger partial charge in [0.05, 0.1) is 11.2 Å². The predicted molar refractivity (Wildman–Crippen MR) is 61.4 cm³/mol. The zero-order valence-corrected chi connectivity index (χ0v) is 10.0. The molecule has 0 aliphatic carbocycles. The zero-order valence-electron chi connectivity index (χ0n) is 10.0. The fourth-order valence-electron chi connectivity index (χ4n) is 1.97. The van der Waals surface area contributed by atoms with Crippen LogP contribution < -0.4 is 0 Å². The first-order valence-corrected chi connectivity index (χ1v) is 5.24. The first-order chi connectivity index (χ1) is 8.75. The molecule has 1 aromatic carbocycles. The van der Waals surface area contributed by atoms with E-state index in [1.165, 1.54) is 7.05 Å². The molecule has 0 aliphatic heterocycles. The molecule has 0 amide bonds. The molecule has 1 heterocycles. The quantitative estimate of drug-likeness (QED) is 0.561. The number of rotatable bonds is 1. The molecule has 0 unspecified atom stereocenters. The fourth-order valence-corrected chi connectivity index (χ4v) is 1.97. The second kappa shape index (κ2) is 4.32. The van der Waals surface area contributed by atoms with Gasteiger partial charge in [-0.1, -0.05) is 0 Å². The minimum absolute atomic E-state index is 0.0397. The van der Waals surface area contributed by atoms with E-state index in [0.29, 0.717) is 6.07 Å². The second-order valence-electron chi connectivity index (χ2n) is 3.98. The van der Waals surface area contributed by atoms with Gasteiger partial charge in [-0.05, 0) is 12.1 Å². The summed E-state index contributed by atoms with van der Waals surface area (Å²) in [7, 11) is 2.30. The monoisotopic (exact) mass is 276 g/mol. The van der Waals surface area contributed by atoms with Crippen LogP contribution in [-0.4, -0.2) is 23.5 Å². The van der Waals surface area contributed by atoms with Crippen LogP contribution in [0.1, 0.15) is 5.69 Å². The van der Waals surface area contributed by atoms with Crippen molar-refractivity contribution in [1.82, 2.24) is 4.57 Å². The van der Waals surface area contributed by atoms with Gasteiger partial charge in [-0.25, -0.2) is 8.78 Å². The van der Waals surface area contributed by atoms with Crippen molar-refractivity contribution in [2.24, 2.45) is 12.0 Å². The molecule has 0 atom stereocenters. The average Bonchev–Trinajstić information content (AvgIpc) is 2.57. The first kappa shape index (κ1) is 13.5. The van der Waals surface area contributed by atoms with Gasteiger partial charge >= 0.3 is 6.18 Å². The molecule has 0 N–H and O–H groups in total. The Hall–Kier alpha value is -1.92. The van der Waals surface area contributed by atoms with Crippen molar-refractivity contribution in [2.45, 2.75) is 6.18 Å². The van der Waals surface area contributed by atoms with Crippen molar-refractivity contribution in [1.29, 1.82) is 0 Å². The first-order valence-electron chi connectivity index (χ1n) is 5.24. The lowest BCUT2D eigenvalue weighted by molar-refractivity contribution is -0.0583. The van der Waals surface area contributed by atoms with E-state index in [4.69, 9.17) is 0 Å². The number of benzene rings is 1. The maximum atomic E-state index is 13.5. The van der Waals surface area contributed by atoms with Gasteiger partial charge in [-0.2, -0.15) is 13.2 Å². The van der Waals surface area contributed by atoms with Gasteiger partial charge in [-0.15, -0.1) is 0 Å². The lowest BCUT2D eigenvalue weighted by Crippen LogP contribution is -2.26. The summed E-state index contributed by atoms with van der Waals surface area (Å²) in [4.78, 5) is 3.19. The maximum absolute atomic E-state index is 13.5. The van der Waals surface area contributed by atoms with Crippen LogP contribution in [-0.2, 0) is 7.05 Å². The SMILES string of the molecule is CN=C(c1cc2c(F)cc(F)cc2n1C)C(F)(F)F. The summed E-state index contributed by atoms with van der Waals surface area (Å²) in [6, 6.07) is 2.62. The summed E-state index contributed by atoms with van der Waals surface area (Å²) in [6.07, 6.45) is -4.66. The highest BCUT2D eigenvalue weighted by Gasteiger charge is 2.38. The van der Waals surface area contributed by atoms with E-state index in [-0.39, 0.29) is 16.6 Å². The number of aromatic nitrogens is 1. The summed E-state index contributed by atoms with van der Waals surface area (Å²) in [5, 5.41) is -0.0794.